The van der Waals surface area contributed by atoms with E-state index >= 15 is 0 Å². The number of phenolic OH excluding ortho intramolecular Hbond substituents is 4. The number of carboxylic acids is 6. The van der Waals surface area contributed by atoms with E-state index < -0.39 is 323 Å². The molecule has 4 aromatic carbocycles. The molecular weight excluding hydrogens is 1910 g/mol. The summed E-state index contributed by atoms with van der Waals surface area (Å²) in [7, 11) is 0. The lowest BCUT2D eigenvalue weighted by Gasteiger charge is -2.27. The zero-order valence-corrected chi connectivity index (χ0v) is 77.5. The van der Waals surface area contributed by atoms with Gasteiger partial charge in [0.1, 0.15) is 108 Å². The van der Waals surface area contributed by atoms with Crippen LogP contribution in [0.3, 0.4) is 0 Å². The monoisotopic (exact) mass is 2020 g/mol. The van der Waals surface area contributed by atoms with Gasteiger partial charge in [0.05, 0.1) is 70.6 Å². The summed E-state index contributed by atoms with van der Waals surface area (Å²) < 4.78 is 0. The van der Waals surface area contributed by atoms with Crippen LogP contribution in [0.1, 0.15) is 94.4 Å². The predicted molar refractivity (Wildman–Crippen MR) is 490 cm³/mol. The number of benzene rings is 4. The molecule has 55 nitrogen and oxygen atoms in total. The number of hydrogen-bond donors (Lipinski definition) is 33. The van der Waals surface area contributed by atoms with Gasteiger partial charge in [-0.3, -0.25) is 106 Å². The van der Waals surface area contributed by atoms with E-state index in [9.17, 15) is 172 Å². The normalized spacial score (nSPS) is 14.3. The molecule has 4 rings (SSSR count). The molecule has 16 atom stereocenters. The minimum Gasteiger partial charge on any atom is -0.508 e. The number of carbonyl (C=O) groups is 22. The number of guanidine groups is 1. The molecule has 0 saturated heterocycles. The number of thioether (sulfide) groups is 1. The molecule has 0 aliphatic heterocycles. The zero-order valence-electron chi connectivity index (χ0n) is 76.6. The molecule has 0 aliphatic rings. The maximum Gasteiger partial charge on any atom is 0.326 e. The second kappa shape index (κ2) is 59.2. The highest BCUT2D eigenvalue weighted by molar-refractivity contribution is 7.98. The van der Waals surface area contributed by atoms with Gasteiger partial charge < -0.3 is 168 Å². The highest BCUT2D eigenvalue weighted by Crippen LogP contribution is 2.19. The first-order valence-electron chi connectivity index (χ1n) is 43.2. The van der Waals surface area contributed by atoms with Crippen molar-refractivity contribution in [1.29, 1.82) is 5.41 Å². The molecule has 0 heterocycles. The Hall–Kier alpha value is -16.1. The third kappa shape index (κ3) is 42.9. The Morgan fingerprint density at radius 3 is 0.894 bits per heavy atom. The maximum atomic E-state index is 14.8. The number of aliphatic hydroxyl groups excluding tert-OH is 3. The summed E-state index contributed by atoms with van der Waals surface area (Å²) in [6.07, 6.45) is -9.02. The molecule has 0 bridgehead atoms. The van der Waals surface area contributed by atoms with E-state index in [2.05, 4.69) is 63.8 Å². The number of amides is 16. The molecule has 0 aromatic heterocycles. The zero-order chi connectivity index (χ0) is 106. The molecule has 776 valence electrons. The lowest BCUT2D eigenvalue weighted by Crippen LogP contribution is -2.62. The first-order valence-corrected chi connectivity index (χ1v) is 44.6. The standard InChI is InChI=1S/C86H116N20O35S/c1-39(2)69(85(140)141)105-81(136)59(34-68(124)125)101-74(129)51(23-25-142-4)93-62(114)35-91-72(127)52(26-41-7-15-45(110)16-8-41)96-82(137)60(37-107)103-77(132)55(29-44-13-21-48(113)22-14-44)97-75(130)53(27-42-9-17-46(111)18-10-42)98-78(133)56(31-65(118)119)94-63(115)36-92-84(139)70(40(3)109)106-83(138)61(38-108)104-80(135)58(33-67(122)123)102-76(131)54(28-43-11-19-47(112)20-12-43)99-79(134)57(32-66(120)121)100-73(128)50(6-5-24-90-86(88)89)95-71(126)49(87)30-64(116)117/h7-22,39-40,49-61,69-70,107-113H,5-6,23-38,87H2,1-4H3,(H,91,127)(H,92,139)(H,93,114)(H,94,115)(H,95,126)(H,96,137)(H,97,130)(H,98,133)(H,99,134)(H,100,128)(H,101,129)(H,102,131)(H,103,132)(H,104,135)(H,105,136)(H,106,138)(H,116,117)(H,118,119)(H,120,121)(H,122,123)(H,124,125)(H,140,141)(H4,88,89,90)/t40-,49+,50+,51+,52+,53+,54+,55+,56+,57+,58+,59+,60+,61+,69+,70+/m1/s1. The van der Waals surface area contributed by atoms with E-state index in [0.29, 0.717) is 0 Å². The molecule has 4 aromatic rings. The minimum absolute atomic E-state index is 0.0665. The van der Waals surface area contributed by atoms with E-state index in [1.165, 1.54) is 98.4 Å². The van der Waals surface area contributed by atoms with Crippen LogP contribution in [0.15, 0.2) is 97.1 Å². The highest BCUT2D eigenvalue weighted by Gasteiger charge is 2.41. The number of carboxylic acid groups (broad SMARTS) is 6. The van der Waals surface area contributed by atoms with Gasteiger partial charge in [-0.25, -0.2) is 4.79 Å². The van der Waals surface area contributed by atoms with Crippen molar-refractivity contribution in [2.24, 2.45) is 17.4 Å². The minimum atomic E-state index is -2.30. The van der Waals surface area contributed by atoms with Crippen molar-refractivity contribution < 1.29 is 172 Å². The van der Waals surface area contributed by atoms with Gasteiger partial charge in [0.2, 0.25) is 94.5 Å². The molecule has 0 fully saturated rings. The van der Waals surface area contributed by atoms with Crippen LogP contribution < -0.4 is 102 Å². The van der Waals surface area contributed by atoms with E-state index in [1.54, 1.807) is 6.26 Å². The average molecular weight is 2020 g/mol. The first-order chi connectivity index (χ1) is 66.8. The summed E-state index contributed by atoms with van der Waals surface area (Å²) in [6.45, 7) is -1.18. The number of aliphatic hydroxyl groups is 3. The lowest BCUT2D eigenvalue weighted by atomic mass is 10.0. The van der Waals surface area contributed by atoms with Gasteiger partial charge >= 0.3 is 35.8 Å². The van der Waals surface area contributed by atoms with Gasteiger partial charge in [-0.15, -0.1) is 0 Å². The number of phenols is 4. The highest BCUT2D eigenvalue weighted by atomic mass is 32.2. The Morgan fingerprint density at radius 2 is 0.585 bits per heavy atom. The summed E-state index contributed by atoms with van der Waals surface area (Å²) in [4.78, 5) is 295. The Morgan fingerprint density at radius 1 is 0.324 bits per heavy atom. The van der Waals surface area contributed by atoms with Crippen molar-refractivity contribution in [1.82, 2.24) is 90.4 Å². The molecular formula is C86H116N20O35S. The van der Waals surface area contributed by atoms with Crippen molar-refractivity contribution in [3.63, 3.8) is 0 Å². The molecule has 35 N–H and O–H groups in total. The number of nitrogens with two attached hydrogens (primary N) is 2. The van der Waals surface area contributed by atoms with Gasteiger partial charge in [-0.05, 0) is 115 Å². The summed E-state index contributed by atoms with van der Waals surface area (Å²) in [5, 5.41) is 175. The van der Waals surface area contributed by atoms with Gasteiger partial charge in [0.15, 0.2) is 5.96 Å². The largest absolute Gasteiger partial charge is 0.508 e. The van der Waals surface area contributed by atoms with E-state index in [4.69, 9.17) is 16.9 Å². The maximum absolute atomic E-state index is 14.8. The topological polar surface area (TPSA) is 919 Å². The first kappa shape index (κ1) is 118. The number of aromatic hydroxyl groups is 4. The Balaban J connectivity index is 1.58. The lowest BCUT2D eigenvalue weighted by molar-refractivity contribution is -0.145. The van der Waals surface area contributed by atoms with Gasteiger partial charge in [-0.2, -0.15) is 11.8 Å². The summed E-state index contributed by atoms with van der Waals surface area (Å²) in [5.74, 6) is -33.3. The number of aliphatic carboxylic acids is 6. The van der Waals surface area contributed by atoms with Crippen LogP contribution in [-0.4, -0.2) is 344 Å². The van der Waals surface area contributed by atoms with Crippen molar-refractivity contribution in [2.75, 3.05) is 44.9 Å². The Kier molecular flexibility index (Phi) is 49.3. The molecule has 0 spiro atoms. The van der Waals surface area contributed by atoms with Gasteiger partial charge in [0, 0.05) is 32.2 Å². The fraction of sp³-hybridized carbons (Fsp3) is 0.453. The van der Waals surface area contributed by atoms with Crippen LogP contribution in [0.5, 0.6) is 23.0 Å². The van der Waals surface area contributed by atoms with Crippen LogP contribution in [0.25, 0.3) is 0 Å². The van der Waals surface area contributed by atoms with Crippen molar-refractivity contribution in [3.8, 4) is 23.0 Å². The summed E-state index contributed by atoms with van der Waals surface area (Å²) >= 11 is 1.21. The second-order valence-electron chi connectivity index (χ2n) is 32.3. The summed E-state index contributed by atoms with van der Waals surface area (Å²) in [6, 6.07) is -9.55. The van der Waals surface area contributed by atoms with Crippen LogP contribution in [0, 0.1) is 11.3 Å². The molecule has 0 saturated carbocycles. The SMILES string of the molecule is CSCC[C@H](NC(=O)CNC(=O)[C@H](Cc1ccc(O)cc1)NC(=O)[C@H](CO)NC(=O)[C@H](Cc1ccc(O)cc1)NC(=O)[C@H](Cc1ccc(O)cc1)NC(=O)[C@H](CC(=O)O)NC(=O)CNC(=O)[C@@H](NC(=O)[C@H](CO)NC(=O)[C@H](CC(=O)O)NC(=O)[C@H](Cc1ccc(O)cc1)NC(=O)[C@H](CC(=O)O)NC(=O)[C@H](CCCNC(=N)N)NC(=O)[C@@H](N)CC(=O)O)[C@@H](C)O)C(=O)N[C@@H](CC(=O)O)C(=O)N[C@H](C(=O)O)C(C)C. The van der Waals surface area contributed by atoms with Crippen LogP contribution in [0.4, 0.5) is 0 Å². The van der Waals surface area contributed by atoms with E-state index in [-0.39, 0.29) is 76.8 Å². The fourth-order valence-corrected chi connectivity index (χ4v) is 13.5. The molecule has 0 radical (unpaired) electrons. The molecule has 0 unspecified atom stereocenters. The number of hydrogen-bond acceptors (Lipinski definition) is 32. The van der Waals surface area contributed by atoms with Crippen LogP contribution in [0.2, 0.25) is 0 Å². The third-order valence-corrected chi connectivity index (χ3v) is 21.1. The predicted octanol–water partition coefficient (Wildman–Crippen LogP) is -10.4. The summed E-state index contributed by atoms with van der Waals surface area (Å²) in [5.41, 5.74) is 11.7. The molecule has 56 heteroatoms. The number of nitrogens with one attached hydrogen (secondary N) is 18. The quantitative estimate of drug-likeness (QED) is 0.0111. The molecule has 0 aliphatic carbocycles. The van der Waals surface area contributed by atoms with Crippen molar-refractivity contribution >= 4 is 148 Å². The average Bonchev–Trinajstić information content (AvgIpc) is 0.839. The van der Waals surface area contributed by atoms with Crippen LogP contribution in [-0.2, 0) is 131 Å². The Bertz CT molecular complexity index is 5140. The van der Waals surface area contributed by atoms with Crippen molar-refractivity contribution in [3.05, 3.63) is 119 Å². The van der Waals surface area contributed by atoms with E-state index in [1.807, 2.05) is 26.6 Å². The Labute approximate surface area is 811 Å². The smallest absolute Gasteiger partial charge is 0.326 e. The molecule has 142 heavy (non-hydrogen) atoms. The number of carbonyl (C=O) groups excluding carboxylic acids is 16. The van der Waals surface area contributed by atoms with E-state index in [0.717, 1.165) is 31.2 Å². The van der Waals surface area contributed by atoms with Gasteiger partial charge in [-0.1, -0.05) is 62.4 Å². The fourth-order valence-electron chi connectivity index (χ4n) is 13.0. The van der Waals surface area contributed by atoms with Crippen molar-refractivity contribution in [2.45, 2.75) is 195 Å². The van der Waals surface area contributed by atoms with Crippen LogP contribution >= 0.6 is 11.8 Å². The second-order valence-corrected chi connectivity index (χ2v) is 33.3. The number of rotatable bonds is 62. The van der Waals surface area contributed by atoms with Gasteiger partial charge in [0.25, 0.3) is 0 Å². The third-order valence-electron chi connectivity index (χ3n) is 20.5. The molecule has 16 amide bonds.